The normalized spacial score (nSPS) is 18.3. The highest BCUT2D eigenvalue weighted by atomic mass is 35.5. The first-order valence-corrected chi connectivity index (χ1v) is 12.0. The average molecular weight is 479 g/mol. The Balaban J connectivity index is 1.27. The van der Waals surface area contributed by atoms with Crippen molar-refractivity contribution < 1.29 is 14.0 Å². The zero-order valence-corrected chi connectivity index (χ0v) is 19.9. The molecule has 0 N–H and O–H groups in total. The van der Waals surface area contributed by atoms with E-state index in [1.54, 1.807) is 11.1 Å². The largest absolute Gasteiger partial charge is 0.460 e. The number of halogens is 1. The molecule has 2 aliphatic heterocycles. The van der Waals surface area contributed by atoms with E-state index in [9.17, 15) is 9.59 Å². The summed E-state index contributed by atoms with van der Waals surface area (Å²) in [5, 5.41) is 0.655. The van der Waals surface area contributed by atoms with E-state index >= 15 is 0 Å². The number of imide groups is 1. The molecule has 176 valence electrons. The van der Waals surface area contributed by atoms with Crippen LogP contribution >= 0.6 is 11.6 Å². The van der Waals surface area contributed by atoms with Gasteiger partial charge in [0.1, 0.15) is 17.1 Å². The van der Waals surface area contributed by atoms with E-state index in [2.05, 4.69) is 9.88 Å². The van der Waals surface area contributed by atoms with E-state index in [0.29, 0.717) is 49.7 Å². The van der Waals surface area contributed by atoms with Crippen molar-refractivity contribution in [2.75, 3.05) is 19.6 Å². The van der Waals surface area contributed by atoms with E-state index in [0.717, 1.165) is 17.1 Å². The smallest absolute Gasteiger partial charge is 0.328 e. The summed E-state index contributed by atoms with van der Waals surface area (Å²) < 4.78 is 6.06. The van der Waals surface area contributed by atoms with Gasteiger partial charge in [0.15, 0.2) is 0 Å². The second-order valence-electron chi connectivity index (χ2n) is 8.79. The lowest BCUT2D eigenvalue weighted by Gasteiger charge is -2.41. The number of furan rings is 1. The fourth-order valence-electron chi connectivity index (χ4n) is 5.07. The van der Waals surface area contributed by atoms with Gasteiger partial charge in [0, 0.05) is 31.4 Å². The molecule has 2 aliphatic rings. The van der Waals surface area contributed by atoms with Gasteiger partial charge in [-0.3, -0.25) is 19.6 Å². The minimum Gasteiger partial charge on any atom is -0.460 e. The molecule has 1 spiro atoms. The van der Waals surface area contributed by atoms with Crippen molar-refractivity contribution in [2.24, 2.45) is 0 Å². The third kappa shape index (κ3) is 3.99. The Labute approximate surface area is 203 Å². The van der Waals surface area contributed by atoms with Gasteiger partial charge in [-0.25, -0.2) is 4.79 Å². The summed E-state index contributed by atoms with van der Waals surface area (Å²) >= 11 is 6.30. The quantitative estimate of drug-likeness (QED) is 0.475. The lowest BCUT2D eigenvalue weighted by Crippen LogP contribution is -2.56. The maximum absolute atomic E-state index is 13.5. The molecule has 5 rings (SSSR count). The van der Waals surface area contributed by atoms with Gasteiger partial charge in [-0.05, 0) is 56.2 Å². The monoisotopic (exact) mass is 478 g/mol. The van der Waals surface area contributed by atoms with Crippen molar-refractivity contribution in [3.8, 4) is 11.3 Å². The van der Waals surface area contributed by atoms with Crippen LogP contribution in [0, 0.1) is 0 Å². The Morgan fingerprint density at radius 2 is 1.76 bits per heavy atom. The molecule has 1 aromatic carbocycles. The molecule has 3 aromatic rings. The number of piperidine rings is 1. The third-order valence-electron chi connectivity index (χ3n) is 6.85. The minimum atomic E-state index is -0.775. The van der Waals surface area contributed by atoms with Gasteiger partial charge in [0.25, 0.3) is 5.91 Å². The number of rotatable bonds is 6. The van der Waals surface area contributed by atoms with E-state index in [4.69, 9.17) is 16.0 Å². The molecule has 2 aromatic heterocycles. The SMILES string of the molecule is CCN1C(=O)N(Cc2ccccn2)C(=O)C12CCN(Cc1ccc(-c3ccccc3Cl)o1)CC2. The predicted octanol–water partition coefficient (Wildman–Crippen LogP) is 4.81. The molecule has 0 unspecified atom stereocenters. The maximum Gasteiger partial charge on any atom is 0.328 e. The summed E-state index contributed by atoms with van der Waals surface area (Å²) in [4.78, 5) is 36.3. The number of hydrogen-bond donors (Lipinski definition) is 0. The third-order valence-corrected chi connectivity index (χ3v) is 7.18. The highest BCUT2D eigenvalue weighted by molar-refractivity contribution is 6.33. The van der Waals surface area contributed by atoms with Gasteiger partial charge in [-0.15, -0.1) is 0 Å². The molecule has 0 radical (unpaired) electrons. The summed E-state index contributed by atoms with van der Waals surface area (Å²) in [6, 6.07) is 16.8. The predicted molar refractivity (Wildman–Crippen MR) is 129 cm³/mol. The van der Waals surface area contributed by atoms with Crippen molar-refractivity contribution in [3.05, 3.63) is 77.3 Å². The summed E-state index contributed by atoms with van der Waals surface area (Å²) in [6.45, 7) is 4.69. The number of carbonyl (C=O) groups is 2. The zero-order valence-electron chi connectivity index (χ0n) is 19.1. The van der Waals surface area contributed by atoms with Gasteiger partial charge in [-0.1, -0.05) is 29.8 Å². The van der Waals surface area contributed by atoms with Gasteiger partial charge in [-0.2, -0.15) is 0 Å². The first-order valence-electron chi connectivity index (χ1n) is 11.6. The highest BCUT2D eigenvalue weighted by Gasteiger charge is 2.57. The topological polar surface area (TPSA) is 69.9 Å². The molecule has 34 heavy (non-hydrogen) atoms. The van der Waals surface area contributed by atoms with Crippen LogP contribution in [0.5, 0.6) is 0 Å². The molecule has 2 fully saturated rings. The number of pyridine rings is 1. The number of likely N-dealkylation sites (N-methyl/N-ethyl adjacent to an activating group) is 1. The molecule has 7 nitrogen and oxygen atoms in total. The summed E-state index contributed by atoms with van der Waals surface area (Å²) in [6.07, 6.45) is 2.88. The van der Waals surface area contributed by atoms with Crippen molar-refractivity contribution in [1.29, 1.82) is 0 Å². The van der Waals surface area contributed by atoms with Crippen molar-refractivity contribution in [3.63, 3.8) is 0 Å². The molecule has 4 heterocycles. The van der Waals surface area contributed by atoms with Crippen LogP contribution in [0.15, 0.2) is 65.2 Å². The Bertz CT molecular complexity index is 1190. The number of aromatic nitrogens is 1. The van der Waals surface area contributed by atoms with Gasteiger partial charge < -0.3 is 9.32 Å². The van der Waals surface area contributed by atoms with Crippen molar-refractivity contribution in [1.82, 2.24) is 19.7 Å². The van der Waals surface area contributed by atoms with Gasteiger partial charge in [0.05, 0.1) is 23.8 Å². The maximum atomic E-state index is 13.5. The lowest BCUT2D eigenvalue weighted by atomic mass is 9.85. The molecule has 3 amide bonds. The molecular formula is C26H27ClN4O3. The van der Waals surface area contributed by atoms with Crippen LogP contribution in [-0.2, 0) is 17.9 Å². The van der Waals surface area contributed by atoms with Crippen LogP contribution in [0.3, 0.4) is 0 Å². The van der Waals surface area contributed by atoms with E-state index in [1.807, 2.05) is 61.5 Å². The minimum absolute atomic E-state index is 0.108. The number of hydrogen-bond acceptors (Lipinski definition) is 5. The highest BCUT2D eigenvalue weighted by Crippen LogP contribution is 2.38. The molecular weight excluding hydrogens is 452 g/mol. The number of amides is 3. The van der Waals surface area contributed by atoms with Crippen LogP contribution < -0.4 is 0 Å². The molecule has 0 aliphatic carbocycles. The van der Waals surface area contributed by atoms with Gasteiger partial charge >= 0.3 is 6.03 Å². The molecule has 0 saturated carbocycles. The fraction of sp³-hybridized carbons (Fsp3) is 0.346. The number of nitrogens with zero attached hydrogens (tertiary/aromatic N) is 4. The van der Waals surface area contributed by atoms with Crippen molar-refractivity contribution in [2.45, 2.75) is 38.4 Å². The molecule has 2 saturated heterocycles. The average Bonchev–Trinajstić information content (AvgIpc) is 3.39. The Hall–Kier alpha value is -3.16. The van der Waals surface area contributed by atoms with E-state index in [-0.39, 0.29) is 18.5 Å². The number of urea groups is 1. The fourth-order valence-corrected chi connectivity index (χ4v) is 5.30. The van der Waals surface area contributed by atoms with Crippen molar-refractivity contribution >= 4 is 23.5 Å². The van der Waals surface area contributed by atoms with Gasteiger partial charge in [0.2, 0.25) is 0 Å². The Morgan fingerprint density at radius 3 is 2.47 bits per heavy atom. The lowest BCUT2D eigenvalue weighted by molar-refractivity contribution is -0.136. The Kier molecular flexibility index (Phi) is 6.15. The second kappa shape index (κ2) is 9.24. The number of benzene rings is 1. The number of carbonyl (C=O) groups excluding carboxylic acids is 2. The first-order chi connectivity index (χ1) is 16.5. The van der Waals surface area contributed by atoms with Crippen LogP contribution in [-0.4, -0.2) is 56.8 Å². The van der Waals surface area contributed by atoms with Crippen LogP contribution in [0.1, 0.15) is 31.2 Å². The second-order valence-corrected chi connectivity index (χ2v) is 9.20. The van der Waals surface area contributed by atoms with E-state index in [1.165, 1.54) is 4.90 Å². The molecule has 8 heteroatoms. The summed E-state index contributed by atoms with van der Waals surface area (Å²) in [5.74, 6) is 1.49. The van der Waals surface area contributed by atoms with Crippen LogP contribution in [0.25, 0.3) is 11.3 Å². The molecule has 0 atom stereocenters. The summed E-state index contributed by atoms with van der Waals surface area (Å²) in [5.41, 5.74) is 0.805. The standard InChI is InChI=1S/C26H27ClN4O3/c1-2-31-25(33)30(17-19-7-5-6-14-28-19)24(32)26(31)12-15-29(16-13-26)18-20-10-11-23(34-20)21-8-3-4-9-22(21)27/h3-11,14H,2,12-13,15-18H2,1H3. The zero-order chi connectivity index (χ0) is 23.7. The van der Waals surface area contributed by atoms with E-state index < -0.39 is 5.54 Å². The first kappa shape index (κ1) is 22.6. The number of likely N-dealkylation sites (tertiary alicyclic amines) is 1. The molecule has 0 bridgehead atoms. The van der Waals surface area contributed by atoms with Crippen LogP contribution in [0.2, 0.25) is 5.02 Å². The van der Waals surface area contributed by atoms with Crippen LogP contribution in [0.4, 0.5) is 4.79 Å². The Morgan fingerprint density at radius 1 is 1.00 bits per heavy atom. The summed E-state index contributed by atoms with van der Waals surface area (Å²) in [7, 11) is 0.